The molecule has 0 heterocycles. The second-order valence-corrected chi connectivity index (χ2v) is 7.09. The van der Waals surface area contributed by atoms with Gasteiger partial charge < -0.3 is 15.4 Å². The molecule has 0 spiro atoms. The highest BCUT2D eigenvalue weighted by molar-refractivity contribution is 6.32. The minimum atomic E-state index is -1.05. The predicted molar refractivity (Wildman–Crippen MR) is 107 cm³/mol. The summed E-state index contributed by atoms with van der Waals surface area (Å²) in [6, 6.07) is 12.7. The lowest BCUT2D eigenvalue weighted by Crippen LogP contribution is -2.30. The highest BCUT2D eigenvalue weighted by Gasteiger charge is 2.29. The minimum Gasteiger partial charge on any atom is -0.449 e. The number of rotatable bonds is 6. The van der Waals surface area contributed by atoms with Gasteiger partial charge in [0.25, 0.3) is 5.91 Å². The number of hydrogen-bond acceptors (Lipinski definition) is 5. The summed E-state index contributed by atoms with van der Waals surface area (Å²) in [6.07, 6.45) is 0.765. The van der Waals surface area contributed by atoms with E-state index in [1.807, 2.05) is 6.07 Å². The Hall–Kier alpha value is -3.37. The molecule has 2 amide bonds. The molecule has 2 aromatic rings. The number of carbonyl (C=O) groups excluding carboxylic acids is 3. The number of nitrogens with zero attached hydrogens (tertiary/aromatic N) is 1. The van der Waals surface area contributed by atoms with Crippen LogP contribution >= 0.6 is 11.6 Å². The third-order valence-corrected chi connectivity index (χ3v) is 4.66. The van der Waals surface area contributed by atoms with Crippen molar-refractivity contribution in [2.75, 3.05) is 10.6 Å². The minimum absolute atomic E-state index is 0.0199. The number of anilines is 2. The standard InChI is InChI=1S/C21H18ClN3O4/c1-12(19(26)25-17-9-6-15(11-23)18(22)10-17)29-21(28)14-4-7-16(8-5-14)24-20(27)13-2-3-13/h4-10,12-13H,2-3H2,1H3,(H,24,27)(H,25,26). The molecule has 1 saturated carbocycles. The van der Waals surface area contributed by atoms with Crippen LogP contribution in [0.1, 0.15) is 35.7 Å². The zero-order valence-corrected chi connectivity index (χ0v) is 16.3. The van der Waals surface area contributed by atoms with Crippen molar-refractivity contribution in [3.8, 4) is 6.07 Å². The van der Waals surface area contributed by atoms with Gasteiger partial charge in [-0.3, -0.25) is 9.59 Å². The molecule has 1 atom stereocenters. The number of ether oxygens (including phenoxy) is 1. The van der Waals surface area contributed by atoms with Crippen molar-refractivity contribution in [1.29, 1.82) is 5.26 Å². The lowest BCUT2D eigenvalue weighted by molar-refractivity contribution is -0.123. The molecule has 0 radical (unpaired) electrons. The summed E-state index contributed by atoms with van der Waals surface area (Å²) in [5.41, 5.74) is 1.54. The van der Waals surface area contributed by atoms with Gasteiger partial charge in [0, 0.05) is 17.3 Å². The summed E-state index contributed by atoms with van der Waals surface area (Å²) in [4.78, 5) is 36.3. The number of hydrogen-bond donors (Lipinski definition) is 2. The molecule has 2 aromatic carbocycles. The SMILES string of the molecule is CC(OC(=O)c1ccc(NC(=O)C2CC2)cc1)C(=O)Nc1ccc(C#N)c(Cl)c1. The second kappa shape index (κ2) is 8.76. The quantitative estimate of drug-likeness (QED) is 0.704. The molecule has 0 aliphatic heterocycles. The number of amides is 2. The fourth-order valence-electron chi connectivity index (χ4n) is 2.49. The fourth-order valence-corrected chi connectivity index (χ4v) is 2.71. The Kier molecular flexibility index (Phi) is 6.15. The Morgan fingerprint density at radius 2 is 1.76 bits per heavy atom. The second-order valence-electron chi connectivity index (χ2n) is 6.68. The van der Waals surface area contributed by atoms with Gasteiger partial charge in [-0.05, 0) is 62.2 Å². The van der Waals surface area contributed by atoms with Crippen molar-refractivity contribution in [2.45, 2.75) is 25.9 Å². The molecule has 7 nitrogen and oxygen atoms in total. The molecule has 3 rings (SSSR count). The third-order valence-electron chi connectivity index (χ3n) is 4.35. The normalized spacial score (nSPS) is 13.7. The largest absolute Gasteiger partial charge is 0.449 e. The highest BCUT2D eigenvalue weighted by Crippen LogP contribution is 2.30. The lowest BCUT2D eigenvalue weighted by Gasteiger charge is -2.14. The van der Waals surface area contributed by atoms with Crippen molar-refractivity contribution in [2.24, 2.45) is 5.92 Å². The van der Waals surface area contributed by atoms with Crippen molar-refractivity contribution >= 4 is 40.8 Å². The summed E-state index contributed by atoms with van der Waals surface area (Å²) in [5.74, 6) is -1.13. The maximum absolute atomic E-state index is 12.3. The van der Waals surface area contributed by atoms with Gasteiger partial charge in [-0.25, -0.2) is 4.79 Å². The highest BCUT2D eigenvalue weighted by atomic mass is 35.5. The van der Waals surface area contributed by atoms with Crippen molar-refractivity contribution in [3.63, 3.8) is 0 Å². The van der Waals surface area contributed by atoms with Crippen LogP contribution in [0.25, 0.3) is 0 Å². The van der Waals surface area contributed by atoms with Gasteiger partial charge in [-0.1, -0.05) is 11.6 Å². The topological polar surface area (TPSA) is 108 Å². The average Bonchev–Trinajstić information content (AvgIpc) is 3.54. The average molecular weight is 412 g/mol. The maximum Gasteiger partial charge on any atom is 0.338 e. The summed E-state index contributed by atoms with van der Waals surface area (Å²) < 4.78 is 5.19. The van der Waals surface area contributed by atoms with Crippen LogP contribution < -0.4 is 10.6 Å². The summed E-state index contributed by atoms with van der Waals surface area (Å²) >= 11 is 5.94. The zero-order valence-electron chi connectivity index (χ0n) is 15.6. The van der Waals surface area contributed by atoms with Gasteiger partial charge in [0.2, 0.25) is 5.91 Å². The monoisotopic (exact) mass is 411 g/mol. The Bertz CT molecular complexity index is 994. The van der Waals surface area contributed by atoms with E-state index >= 15 is 0 Å². The van der Waals surface area contributed by atoms with E-state index in [0.29, 0.717) is 16.9 Å². The first-order valence-corrected chi connectivity index (χ1v) is 9.37. The Labute approximate surface area is 172 Å². The van der Waals surface area contributed by atoms with Gasteiger partial charge >= 0.3 is 5.97 Å². The maximum atomic E-state index is 12.3. The van der Waals surface area contributed by atoms with Gasteiger partial charge in [-0.15, -0.1) is 0 Å². The van der Waals surface area contributed by atoms with E-state index in [9.17, 15) is 14.4 Å². The molecule has 1 fully saturated rings. The fraction of sp³-hybridized carbons (Fsp3) is 0.238. The zero-order chi connectivity index (χ0) is 21.0. The van der Waals surface area contributed by atoms with E-state index in [1.165, 1.54) is 37.3 Å². The molecular weight excluding hydrogens is 394 g/mol. The molecule has 29 heavy (non-hydrogen) atoms. The Morgan fingerprint density at radius 1 is 1.10 bits per heavy atom. The van der Waals surface area contributed by atoms with Crippen molar-refractivity contribution < 1.29 is 19.1 Å². The molecule has 8 heteroatoms. The van der Waals surface area contributed by atoms with Gasteiger partial charge in [-0.2, -0.15) is 5.26 Å². The molecular formula is C21H18ClN3O4. The van der Waals surface area contributed by atoms with Gasteiger partial charge in [0.1, 0.15) is 6.07 Å². The molecule has 0 saturated heterocycles. The molecule has 0 bridgehead atoms. The first-order valence-electron chi connectivity index (χ1n) is 9.00. The van der Waals surface area contributed by atoms with Crippen LogP contribution in [0.3, 0.4) is 0 Å². The predicted octanol–water partition coefficient (Wildman–Crippen LogP) is 3.74. The van der Waals surface area contributed by atoms with Gasteiger partial charge in [0.15, 0.2) is 6.10 Å². The van der Waals surface area contributed by atoms with Crippen LogP contribution in [0.4, 0.5) is 11.4 Å². The van der Waals surface area contributed by atoms with Crippen LogP contribution in [-0.2, 0) is 14.3 Å². The van der Waals surface area contributed by atoms with E-state index in [0.717, 1.165) is 12.8 Å². The Balaban J connectivity index is 1.55. The summed E-state index contributed by atoms with van der Waals surface area (Å²) in [7, 11) is 0. The van der Waals surface area contributed by atoms with Crippen molar-refractivity contribution in [3.05, 3.63) is 58.6 Å². The van der Waals surface area contributed by atoms with E-state index in [1.54, 1.807) is 12.1 Å². The molecule has 2 N–H and O–H groups in total. The first kappa shape index (κ1) is 20.4. The van der Waals surface area contributed by atoms with E-state index in [-0.39, 0.29) is 22.4 Å². The molecule has 1 aliphatic carbocycles. The number of nitrogens with one attached hydrogen (secondary N) is 2. The molecule has 1 aliphatic rings. The van der Waals surface area contributed by atoms with Crippen LogP contribution in [0.15, 0.2) is 42.5 Å². The first-order chi connectivity index (χ1) is 13.9. The molecule has 1 unspecified atom stereocenters. The molecule has 0 aromatic heterocycles. The van der Waals surface area contributed by atoms with Crippen LogP contribution in [0.2, 0.25) is 5.02 Å². The smallest absolute Gasteiger partial charge is 0.338 e. The van der Waals surface area contributed by atoms with Crippen LogP contribution in [0, 0.1) is 17.2 Å². The van der Waals surface area contributed by atoms with E-state index < -0.39 is 18.0 Å². The number of esters is 1. The third kappa shape index (κ3) is 5.33. The number of halogens is 1. The van der Waals surface area contributed by atoms with E-state index in [2.05, 4.69) is 10.6 Å². The lowest BCUT2D eigenvalue weighted by atomic mass is 10.2. The Morgan fingerprint density at radius 3 is 2.34 bits per heavy atom. The van der Waals surface area contributed by atoms with E-state index in [4.69, 9.17) is 21.6 Å². The summed E-state index contributed by atoms with van der Waals surface area (Å²) in [5, 5.41) is 14.4. The van der Waals surface area contributed by atoms with Crippen LogP contribution in [-0.4, -0.2) is 23.9 Å². The number of benzene rings is 2. The molecule has 148 valence electrons. The number of carbonyl (C=O) groups is 3. The summed E-state index contributed by atoms with van der Waals surface area (Å²) in [6.45, 7) is 1.45. The van der Waals surface area contributed by atoms with Crippen LogP contribution in [0.5, 0.6) is 0 Å². The van der Waals surface area contributed by atoms with Gasteiger partial charge in [0.05, 0.1) is 16.1 Å². The number of nitriles is 1. The van der Waals surface area contributed by atoms with Crippen molar-refractivity contribution in [1.82, 2.24) is 0 Å².